The van der Waals surface area contributed by atoms with Crippen molar-refractivity contribution in [2.75, 3.05) is 6.79 Å². The summed E-state index contributed by atoms with van der Waals surface area (Å²) in [4.78, 5) is 10.6. The standard InChI is InChI=1S/C10H10O2.C7H6O2/c11-10(12)9-5-4-7-2-1-3-8(7)6-9;1-2-4-7-6(3-1)8-5-9-7/h4-6H,1-3H2,(H,11,12);1-4H,5H2. The second kappa shape index (κ2) is 5.87. The molecule has 0 spiro atoms. The summed E-state index contributed by atoms with van der Waals surface area (Å²) in [7, 11) is 0. The van der Waals surface area contributed by atoms with E-state index in [2.05, 4.69) is 0 Å². The van der Waals surface area contributed by atoms with Crippen molar-refractivity contribution in [2.24, 2.45) is 0 Å². The van der Waals surface area contributed by atoms with E-state index in [9.17, 15) is 4.79 Å². The molecule has 1 heterocycles. The van der Waals surface area contributed by atoms with Gasteiger partial charge in [0.2, 0.25) is 6.79 Å². The van der Waals surface area contributed by atoms with Gasteiger partial charge in [-0.1, -0.05) is 18.2 Å². The van der Waals surface area contributed by atoms with E-state index >= 15 is 0 Å². The van der Waals surface area contributed by atoms with E-state index in [4.69, 9.17) is 14.6 Å². The van der Waals surface area contributed by atoms with E-state index in [0.717, 1.165) is 24.3 Å². The molecule has 0 saturated carbocycles. The smallest absolute Gasteiger partial charge is 0.335 e. The Morgan fingerprint density at radius 1 is 0.952 bits per heavy atom. The van der Waals surface area contributed by atoms with Crippen molar-refractivity contribution < 1.29 is 19.4 Å². The molecule has 0 amide bonds. The summed E-state index contributed by atoms with van der Waals surface area (Å²) in [5.74, 6) is 0.861. The number of fused-ring (bicyclic) bond motifs is 2. The Morgan fingerprint density at radius 2 is 1.62 bits per heavy atom. The summed E-state index contributed by atoms with van der Waals surface area (Å²) in [5, 5.41) is 8.72. The number of carboxylic acid groups (broad SMARTS) is 1. The third-order valence-electron chi connectivity index (χ3n) is 3.62. The number of carboxylic acids is 1. The van der Waals surface area contributed by atoms with Crippen molar-refractivity contribution in [1.29, 1.82) is 0 Å². The summed E-state index contributed by atoms with van der Waals surface area (Å²) < 4.78 is 10.2. The molecule has 2 aliphatic rings. The maximum atomic E-state index is 10.6. The molecular formula is C17H16O4. The van der Waals surface area contributed by atoms with Gasteiger partial charge < -0.3 is 14.6 Å². The summed E-state index contributed by atoms with van der Waals surface area (Å²) >= 11 is 0. The fourth-order valence-corrected chi connectivity index (χ4v) is 2.55. The lowest BCUT2D eigenvalue weighted by Gasteiger charge is -1.99. The van der Waals surface area contributed by atoms with Crippen LogP contribution in [0.4, 0.5) is 0 Å². The molecule has 4 rings (SSSR count). The number of ether oxygens (including phenoxy) is 2. The van der Waals surface area contributed by atoms with Gasteiger partial charge in [-0.25, -0.2) is 4.79 Å². The molecule has 4 heteroatoms. The first-order valence-electron chi connectivity index (χ1n) is 6.94. The third kappa shape index (κ3) is 2.99. The number of aromatic carboxylic acids is 1. The van der Waals surface area contributed by atoms with Gasteiger partial charge in [-0.3, -0.25) is 0 Å². The highest BCUT2D eigenvalue weighted by atomic mass is 16.7. The van der Waals surface area contributed by atoms with Crippen LogP contribution in [0.25, 0.3) is 0 Å². The molecule has 0 bridgehead atoms. The van der Waals surface area contributed by atoms with Crippen LogP contribution >= 0.6 is 0 Å². The van der Waals surface area contributed by atoms with E-state index < -0.39 is 5.97 Å². The molecule has 0 atom stereocenters. The fraction of sp³-hybridized carbons (Fsp3) is 0.235. The van der Waals surface area contributed by atoms with Crippen LogP contribution in [0.2, 0.25) is 0 Å². The van der Waals surface area contributed by atoms with Gasteiger partial charge in [0, 0.05) is 0 Å². The molecule has 1 aliphatic carbocycles. The Morgan fingerprint density at radius 3 is 2.29 bits per heavy atom. The van der Waals surface area contributed by atoms with Gasteiger partial charge >= 0.3 is 5.97 Å². The van der Waals surface area contributed by atoms with Crippen molar-refractivity contribution in [3.8, 4) is 11.5 Å². The van der Waals surface area contributed by atoms with Gasteiger partial charge in [0.05, 0.1) is 5.56 Å². The number of hydrogen-bond donors (Lipinski definition) is 1. The van der Waals surface area contributed by atoms with Crippen LogP contribution < -0.4 is 9.47 Å². The second-order valence-corrected chi connectivity index (χ2v) is 5.00. The van der Waals surface area contributed by atoms with E-state index in [1.807, 2.05) is 30.3 Å². The zero-order valence-electron chi connectivity index (χ0n) is 11.5. The zero-order chi connectivity index (χ0) is 14.7. The van der Waals surface area contributed by atoms with Crippen LogP contribution in [-0.4, -0.2) is 17.9 Å². The summed E-state index contributed by atoms with van der Waals surface area (Å²) in [6.45, 7) is 0.360. The van der Waals surface area contributed by atoms with E-state index in [1.165, 1.54) is 17.5 Å². The van der Waals surface area contributed by atoms with Crippen LogP contribution in [0.1, 0.15) is 27.9 Å². The largest absolute Gasteiger partial charge is 0.478 e. The van der Waals surface area contributed by atoms with Crippen molar-refractivity contribution in [1.82, 2.24) is 0 Å². The summed E-state index contributed by atoms with van der Waals surface area (Å²) in [6, 6.07) is 13.1. The molecule has 0 radical (unpaired) electrons. The zero-order valence-corrected chi connectivity index (χ0v) is 11.5. The molecule has 1 aliphatic heterocycles. The molecule has 0 fully saturated rings. The number of carbonyl (C=O) groups is 1. The van der Waals surface area contributed by atoms with Gasteiger partial charge in [0.1, 0.15) is 0 Å². The lowest BCUT2D eigenvalue weighted by Crippen LogP contribution is -1.97. The predicted octanol–water partition coefficient (Wildman–Crippen LogP) is 3.29. The Bertz CT molecular complexity index is 641. The molecule has 0 aromatic heterocycles. The van der Waals surface area contributed by atoms with Gasteiger partial charge in [-0.05, 0) is 54.7 Å². The van der Waals surface area contributed by atoms with Gasteiger partial charge in [-0.2, -0.15) is 0 Å². The first kappa shape index (κ1) is 13.5. The summed E-state index contributed by atoms with van der Waals surface area (Å²) in [5.41, 5.74) is 2.95. The van der Waals surface area contributed by atoms with Crippen LogP contribution in [0, 0.1) is 0 Å². The van der Waals surface area contributed by atoms with Crippen LogP contribution in [0.3, 0.4) is 0 Å². The maximum Gasteiger partial charge on any atom is 0.335 e. The Labute approximate surface area is 122 Å². The first-order chi connectivity index (χ1) is 10.2. The normalized spacial score (nSPS) is 14.1. The molecular weight excluding hydrogens is 268 g/mol. The average Bonchev–Trinajstić information content (AvgIpc) is 3.15. The topological polar surface area (TPSA) is 55.8 Å². The second-order valence-electron chi connectivity index (χ2n) is 5.00. The predicted molar refractivity (Wildman–Crippen MR) is 78.0 cm³/mol. The fourth-order valence-electron chi connectivity index (χ4n) is 2.55. The molecule has 2 aromatic rings. The van der Waals surface area contributed by atoms with Gasteiger partial charge in [0.15, 0.2) is 11.5 Å². The highest BCUT2D eigenvalue weighted by molar-refractivity contribution is 5.87. The minimum absolute atomic E-state index is 0.360. The molecule has 2 aromatic carbocycles. The molecule has 4 nitrogen and oxygen atoms in total. The van der Waals surface area contributed by atoms with Gasteiger partial charge in [0.25, 0.3) is 0 Å². The minimum atomic E-state index is -0.829. The average molecular weight is 284 g/mol. The van der Waals surface area contributed by atoms with Crippen LogP contribution in [-0.2, 0) is 12.8 Å². The van der Waals surface area contributed by atoms with Crippen molar-refractivity contribution in [3.63, 3.8) is 0 Å². The van der Waals surface area contributed by atoms with Gasteiger partial charge in [-0.15, -0.1) is 0 Å². The molecule has 0 saturated heterocycles. The maximum absolute atomic E-state index is 10.6. The summed E-state index contributed by atoms with van der Waals surface area (Å²) in [6.07, 6.45) is 3.31. The van der Waals surface area contributed by atoms with E-state index in [1.54, 1.807) is 12.1 Å². The van der Waals surface area contributed by atoms with Crippen LogP contribution in [0.5, 0.6) is 11.5 Å². The Balaban J connectivity index is 0.000000131. The molecule has 108 valence electrons. The number of benzene rings is 2. The number of para-hydroxylation sites is 2. The monoisotopic (exact) mass is 284 g/mol. The third-order valence-corrected chi connectivity index (χ3v) is 3.62. The molecule has 1 N–H and O–H groups in total. The molecule has 0 unspecified atom stereocenters. The number of aryl methyl sites for hydroxylation is 2. The number of rotatable bonds is 1. The highest BCUT2D eigenvalue weighted by Crippen LogP contribution is 2.30. The van der Waals surface area contributed by atoms with Crippen molar-refractivity contribution >= 4 is 5.97 Å². The van der Waals surface area contributed by atoms with Crippen molar-refractivity contribution in [3.05, 3.63) is 59.2 Å². The van der Waals surface area contributed by atoms with E-state index in [-0.39, 0.29) is 0 Å². The Hall–Kier alpha value is -2.49. The minimum Gasteiger partial charge on any atom is -0.478 e. The molecule has 21 heavy (non-hydrogen) atoms. The first-order valence-corrected chi connectivity index (χ1v) is 6.94. The van der Waals surface area contributed by atoms with Crippen LogP contribution in [0.15, 0.2) is 42.5 Å². The quantitative estimate of drug-likeness (QED) is 0.873. The highest BCUT2D eigenvalue weighted by Gasteiger charge is 2.12. The van der Waals surface area contributed by atoms with E-state index in [0.29, 0.717) is 12.4 Å². The van der Waals surface area contributed by atoms with Crippen molar-refractivity contribution in [2.45, 2.75) is 19.3 Å². The lowest BCUT2D eigenvalue weighted by atomic mass is 10.1. The SMILES string of the molecule is O=C(O)c1ccc2c(c1)CCC2.c1ccc2c(c1)OCO2. The Kier molecular flexibility index (Phi) is 3.77. The number of hydrogen-bond acceptors (Lipinski definition) is 3. The lowest BCUT2D eigenvalue weighted by molar-refractivity contribution is 0.0696.